The first-order valence-corrected chi connectivity index (χ1v) is 7.28. The molecule has 0 aliphatic carbocycles. The lowest BCUT2D eigenvalue weighted by molar-refractivity contribution is -0.165. The maximum Gasteiger partial charge on any atom is 0.454 e. The fourth-order valence-electron chi connectivity index (χ4n) is 1.99. The van der Waals surface area contributed by atoms with Gasteiger partial charge in [0.1, 0.15) is 0 Å². The third-order valence-corrected chi connectivity index (χ3v) is 3.25. The highest BCUT2D eigenvalue weighted by Crippen LogP contribution is 2.19. The average Bonchev–Trinajstić information content (AvgIpc) is 2.59. The molecule has 0 spiro atoms. The molecule has 0 saturated heterocycles. The van der Waals surface area contributed by atoms with Gasteiger partial charge in [-0.05, 0) is 30.2 Å². The largest absolute Gasteiger partial charge is 0.454 e. The number of allylic oxidation sites excluding steroid dienone is 2. The summed E-state index contributed by atoms with van der Waals surface area (Å²) in [6.07, 6.45) is -4.57. The van der Waals surface area contributed by atoms with Crippen molar-refractivity contribution in [2.45, 2.75) is 13.1 Å². The van der Waals surface area contributed by atoms with Crippen LogP contribution in [0.2, 0.25) is 0 Å². The third kappa shape index (κ3) is 5.20. The van der Waals surface area contributed by atoms with Gasteiger partial charge in [0, 0.05) is 17.3 Å². The lowest BCUT2D eigenvalue weighted by Gasteiger charge is -2.10. The number of halogens is 3. The standard InChI is InChI=1S/C18H15F3N2O2/c1-12(11-16(24)18(19,20)21)22-23-17(25)15-9-7-14(8-10-15)13-5-3-2-4-6-13/h2-11,22H,1H3,(H,23,25)/b12-11+. The fraction of sp³-hybridized carbons (Fsp3) is 0.111. The van der Waals surface area contributed by atoms with E-state index in [4.69, 9.17) is 0 Å². The van der Waals surface area contributed by atoms with Crippen LogP contribution in [0.5, 0.6) is 0 Å². The number of hydrazine groups is 1. The molecule has 0 atom stereocenters. The Balaban J connectivity index is 1.97. The van der Waals surface area contributed by atoms with Crippen molar-refractivity contribution in [3.63, 3.8) is 0 Å². The predicted octanol–water partition coefficient (Wildman–Crippen LogP) is 3.62. The van der Waals surface area contributed by atoms with Gasteiger partial charge in [-0.2, -0.15) is 13.2 Å². The van der Waals surface area contributed by atoms with Crippen LogP contribution in [0.15, 0.2) is 66.4 Å². The number of rotatable bonds is 5. The minimum absolute atomic E-state index is 0.128. The van der Waals surface area contributed by atoms with E-state index in [2.05, 4.69) is 10.9 Å². The van der Waals surface area contributed by atoms with Crippen LogP contribution in [-0.2, 0) is 4.79 Å². The highest BCUT2D eigenvalue weighted by atomic mass is 19.4. The minimum atomic E-state index is -4.94. The Kier molecular flexibility index (Phi) is 5.59. The van der Waals surface area contributed by atoms with Gasteiger partial charge in [-0.1, -0.05) is 42.5 Å². The van der Waals surface area contributed by atoms with Gasteiger partial charge >= 0.3 is 6.18 Å². The van der Waals surface area contributed by atoms with Gasteiger partial charge in [-0.3, -0.25) is 15.0 Å². The summed E-state index contributed by atoms with van der Waals surface area (Å²) in [4.78, 5) is 22.8. The van der Waals surface area contributed by atoms with Crippen LogP contribution >= 0.6 is 0 Å². The molecule has 0 bridgehead atoms. The quantitative estimate of drug-likeness (QED) is 0.641. The summed E-state index contributed by atoms with van der Waals surface area (Å²) in [6.45, 7) is 1.24. The van der Waals surface area contributed by atoms with E-state index < -0.39 is 17.9 Å². The van der Waals surface area contributed by atoms with E-state index in [0.29, 0.717) is 11.6 Å². The van der Waals surface area contributed by atoms with Crippen LogP contribution in [0.1, 0.15) is 17.3 Å². The summed E-state index contributed by atoms with van der Waals surface area (Å²) in [7, 11) is 0. The van der Waals surface area contributed by atoms with Gasteiger partial charge in [0.2, 0.25) is 0 Å². The zero-order valence-electron chi connectivity index (χ0n) is 13.2. The molecule has 0 heterocycles. The molecule has 1 amide bonds. The molecular formula is C18H15F3N2O2. The molecule has 130 valence electrons. The van der Waals surface area contributed by atoms with Gasteiger partial charge < -0.3 is 5.43 Å². The Morgan fingerprint density at radius 1 is 0.880 bits per heavy atom. The lowest BCUT2D eigenvalue weighted by Crippen LogP contribution is -2.36. The molecule has 2 aromatic rings. The van der Waals surface area contributed by atoms with E-state index in [0.717, 1.165) is 11.1 Å². The number of amides is 1. The molecule has 2 rings (SSSR count). The Bertz CT molecular complexity index is 782. The van der Waals surface area contributed by atoms with Crippen LogP contribution in [0.3, 0.4) is 0 Å². The second-order valence-corrected chi connectivity index (χ2v) is 5.21. The van der Waals surface area contributed by atoms with E-state index >= 15 is 0 Å². The molecule has 0 radical (unpaired) electrons. The molecule has 0 aliphatic heterocycles. The molecule has 7 heteroatoms. The van der Waals surface area contributed by atoms with E-state index in [-0.39, 0.29) is 5.70 Å². The van der Waals surface area contributed by atoms with E-state index in [9.17, 15) is 22.8 Å². The smallest absolute Gasteiger partial charge is 0.303 e. The number of benzene rings is 2. The Morgan fingerprint density at radius 3 is 2.00 bits per heavy atom. The SMILES string of the molecule is C/C(=C\C(=O)C(F)(F)F)NNC(=O)c1ccc(-c2ccccc2)cc1. The zero-order valence-corrected chi connectivity index (χ0v) is 13.2. The zero-order chi connectivity index (χ0) is 18.4. The fourth-order valence-corrected chi connectivity index (χ4v) is 1.99. The minimum Gasteiger partial charge on any atom is -0.303 e. The van der Waals surface area contributed by atoms with E-state index in [1.54, 1.807) is 24.3 Å². The second-order valence-electron chi connectivity index (χ2n) is 5.21. The highest BCUT2D eigenvalue weighted by Gasteiger charge is 2.36. The Labute approximate surface area is 142 Å². The Hall–Kier alpha value is -3.09. The van der Waals surface area contributed by atoms with Gasteiger partial charge in [-0.25, -0.2) is 0 Å². The van der Waals surface area contributed by atoms with Crippen molar-refractivity contribution in [2.24, 2.45) is 0 Å². The molecule has 0 unspecified atom stereocenters. The predicted molar refractivity (Wildman–Crippen MR) is 87.3 cm³/mol. The average molecular weight is 348 g/mol. The number of ketones is 1. The van der Waals surface area contributed by atoms with Gasteiger partial charge in [0.15, 0.2) is 0 Å². The summed E-state index contributed by atoms with van der Waals surface area (Å²) in [5.41, 5.74) is 6.63. The van der Waals surface area contributed by atoms with Crippen molar-refractivity contribution in [2.75, 3.05) is 0 Å². The Morgan fingerprint density at radius 2 is 1.44 bits per heavy atom. The first kappa shape index (κ1) is 18.3. The molecular weight excluding hydrogens is 333 g/mol. The highest BCUT2D eigenvalue weighted by molar-refractivity contribution is 5.96. The normalized spacial score (nSPS) is 11.8. The third-order valence-electron chi connectivity index (χ3n) is 3.25. The molecule has 0 aliphatic rings. The summed E-state index contributed by atoms with van der Waals surface area (Å²) in [5.74, 6) is -2.54. The molecule has 4 nitrogen and oxygen atoms in total. The van der Waals surface area contributed by atoms with Crippen molar-refractivity contribution in [3.05, 3.63) is 71.9 Å². The van der Waals surface area contributed by atoms with Gasteiger partial charge in [-0.15, -0.1) is 0 Å². The first-order valence-electron chi connectivity index (χ1n) is 7.28. The number of carbonyl (C=O) groups excluding carboxylic acids is 2. The van der Waals surface area contributed by atoms with Crippen molar-refractivity contribution in [1.29, 1.82) is 0 Å². The van der Waals surface area contributed by atoms with Gasteiger partial charge in [0.25, 0.3) is 11.7 Å². The van der Waals surface area contributed by atoms with Crippen molar-refractivity contribution in [1.82, 2.24) is 10.9 Å². The number of carbonyl (C=O) groups is 2. The second kappa shape index (κ2) is 7.65. The van der Waals surface area contributed by atoms with Gasteiger partial charge in [0.05, 0.1) is 0 Å². The number of hydrogen-bond donors (Lipinski definition) is 2. The van der Waals surface area contributed by atoms with Crippen molar-refractivity contribution >= 4 is 11.7 Å². The van der Waals surface area contributed by atoms with Crippen LogP contribution < -0.4 is 10.9 Å². The van der Waals surface area contributed by atoms with Crippen LogP contribution in [-0.4, -0.2) is 17.9 Å². The molecule has 0 saturated carbocycles. The van der Waals surface area contributed by atoms with E-state index in [1.165, 1.54) is 6.92 Å². The maximum atomic E-state index is 12.1. The molecule has 0 aromatic heterocycles. The summed E-state index contributed by atoms with van der Waals surface area (Å²) >= 11 is 0. The molecule has 25 heavy (non-hydrogen) atoms. The number of hydrogen-bond acceptors (Lipinski definition) is 3. The maximum absolute atomic E-state index is 12.1. The number of alkyl halides is 3. The summed E-state index contributed by atoms with van der Waals surface area (Å²) < 4.78 is 36.4. The van der Waals surface area contributed by atoms with Crippen LogP contribution in [0, 0.1) is 0 Å². The molecule has 0 fully saturated rings. The molecule has 2 aromatic carbocycles. The first-order chi connectivity index (χ1) is 11.8. The van der Waals surface area contributed by atoms with Crippen LogP contribution in [0.4, 0.5) is 13.2 Å². The summed E-state index contributed by atoms with van der Waals surface area (Å²) in [6, 6.07) is 16.3. The van der Waals surface area contributed by atoms with Crippen molar-refractivity contribution in [3.8, 4) is 11.1 Å². The topological polar surface area (TPSA) is 58.2 Å². The van der Waals surface area contributed by atoms with E-state index in [1.807, 2.05) is 30.3 Å². The summed E-state index contributed by atoms with van der Waals surface area (Å²) in [5, 5.41) is 0. The van der Waals surface area contributed by atoms with Crippen LogP contribution in [0.25, 0.3) is 11.1 Å². The van der Waals surface area contributed by atoms with Crippen molar-refractivity contribution < 1.29 is 22.8 Å². The molecule has 2 N–H and O–H groups in total. The number of nitrogens with one attached hydrogen (secondary N) is 2. The monoisotopic (exact) mass is 348 g/mol. The lowest BCUT2D eigenvalue weighted by atomic mass is 10.0.